The fraction of sp³-hybridized carbons (Fsp3) is 0.364. The van der Waals surface area contributed by atoms with Crippen molar-refractivity contribution < 1.29 is 4.74 Å². The van der Waals surface area contributed by atoms with Gasteiger partial charge >= 0.3 is 0 Å². The zero-order valence-corrected chi connectivity index (χ0v) is 9.10. The van der Waals surface area contributed by atoms with Crippen molar-refractivity contribution in [2.24, 2.45) is 10.8 Å². The summed E-state index contributed by atoms with van der Waals surface area (Å²) in [5.74, 6) is 0.507. The van der Waals surface area contributed by atoms with Crippen LogP contribution < -0.4 is 11.2 Å². The van der Waals surface area contributed by atoms with E-state index in [1.165, 1.54) is 0 Å². The summed E-state index contributed by atoms with van der Waals surface area (Å²) in [6, 6.07) is 9.73. The van der Waals surface area contributed by atoms with Gasteiger partial charge < -0.3 is 15.4 Å². The predicted octanol–water partition coefficient (Wildman–Crippen LogP) is 0.660. The molecule has 1 fully saturated rings. The Morgan fingerprint density at radius 2 is 1.94 bits per heavy atom. The molecule has 1 heterocycles. The summed E-state index contributed by atoms with van der Waals surface area (Å²) in [5, 5.41) is 4.13. The van der Waals surface area contributed by atoms with E-state index in [4.69, 9.17) is 10.5 Å². The Balaban J connectivity index is 1.91. The molecule has 0 aliphatic carbocycles. The van der Waals surface area contributed by atoms with Gasteiger partial charge in [0.05, 0.1) is 18.9 Å². The van der Waals surface area contributed by atoms with E-state index in [2.05, 4.69) is 10.5 Å². The van der Waals surface area contributed by atoms with Gasteiger partial charge in [-0.15, -0.1) is 5.10 Å². The maximum Gasteiger partial charge on any atom is 0.214 e. The van der Waals surface area contributed by atoms with E-state index in [0.29, 0.717) is 19.2 Å². The molecule has 5 nitrogen and oxygen atoms in total. The first-order chi connectivity index (χ1) is 7.86. The van der Waals surface area contributed by atoms with Gasteiger partial charge in [0, 0.05) is 13.1 Å². The molecule has 1 aromatic carbocycles. The average molecular weight is 220 g/mol. The number of benzene rings is 1. The number of rotatable bonds is 2. The number of nitrogens with zero attached hydrogens (tertiary/aromatic N) is 2. The smallest absolute Gasteiger partial charge is 0.214 e. The van der Waals surface area contributed by atoms with E-state index in [9.17, 15) is 0 Å². The summed E-state index contributed by atoms with van der Waals surface area (Å²) in [5.41, 5.74) is 9.71. The molecule has 0 amide bonds. The zero-order valence-electron chi connectivity index (χ0n) is 9.10. The topological polar surface area (TPSA) is 62.9 Å². The third-order valence-electron chi connectivity index (χ3n) is 2.41. The fourth-order valence-corrected chi connectivity index (χ4v) is 1.50. The van der Waals surface area contributed by atoms with Crippen molar-refractivity contribution in [3.8, 4) is 0 Å². The molecule has 0 bridgehead atoms. The molecule has 3 N–H and O–H groups in total. The fourth-order valence-electron chi connectivity index (χ4n) is 1.50. The van der Waals surface area contributed by atoms with Gasteiger partial charge in [0.15, 0.2) is 0 Å². The Labute approximate surface area is 94.9 Å². The van der Waals surface area contributed by atoms with Crippen molar-refractivity contribution >= 4 is 11.6 Å². The molecular formula is C11H16N4O. The quantitative estimate of drug-likeness (QED) is 0.436. The van der Waals surface area contributed by atoms with Crippen LogP contribution in [-0.2, 0) is 4.74 Å². The first-order valence-electron chi connectivity index (χ1n) is 5.33. The van der Waals surface area contributed by atoms with Gasteiger partial charge in [-0.2, -0.15) is 0 Å². The van der Waals surface area contributed by atoms with Crippen molar-refractivity contribution in [1.29, 1.82) is 0 Å². The summed E-state index contributed by atoms with van der Waals surface area (Å²) < 4.78 is 5.24. The molecule has 0 saturated carbocycles. The van der Waals surface area contributed by atoms with Crippen LogP contribution >= 0.6 is 0 Å². The number of ether oxygens (including phenoxy) is 1. The molecule has 0 unspecified atom stereocenters. The van der Waals surface area contributed by atoms with Crippen LogP contribution in [0.5, 0.6) is 0 Å². The van der Waals surface area contributed by atoms with E-state index in [1.54, 1.807) is 0 Å². The first-order valence-corrected chi connectivity index (χ1v) is 5.33. The van der Waals surface area contributed by atoms with Crippen LogP contribution in [0, 0.1) is 0 Å². The summed E-state index contributed by atoms with van der Waals surface area (Å²) in [7, 11) is 0. The number of guanidine groups is 1. The summed E-state index contributed by atoms with van der Waals surface area (Å²) in [6.07, 6.45) is 0. The summed E-state index contributed by atoms with van der Waals surface area (Å²) >= 11 is 0. The third kappa shape index (κ3) is 2.87. The van der Waals surface area contributed by atoms with Crippen molar-refractivity contribution in [3.63, 3.8) is 0 Å². The van der Waals surface area contributed by atoms with E-state index in [1.807, 2.05) is 35.2 Å². The van der Waals surface area contributed by atoms with Crippen molar-refractivity contribution in [2.45, 2.75) is 0 Å². The van der Waals surface area contributed by atoms with Gasteiger partial charge in [0.2, 0.25) is 5.96 Å². The van der Waals surface area contributed by atoms with E-state index in [0.717, 1.165) is 18.8 Å². The predicted molar refractivity (Wildman–Crippen MR) is 64.1 cm³/mol. The number of hydrazone groups is 1. The van der Waals surface area contributed by atoms with Gasteiger partial charge in [-0.25, -0.2) is 0 Å². The number of hydrogen-bond donors (Lipinski definition) is 2. The molecule has 86 valence electrons. The van der Waals surface area contributed by atoms with Gasteiger partial charge in [-0.1, -0.05) is 18.2 Å². The molecule has 2 rings (SSSR count). The minimum atomic E-state index is 0.507. The molecule has 0 atom stereocenters. The first kappa shape index (κ1) is 10.8. The number of anilines is 1. The Morgan fingerprint density at radius 1 is 1.25 bits per heavy atom. The highest BCUT2D eigenvalue weighted by atomic mass is 16.5. The third-order valence-corrected chi connectivity index (χ3v) is 2.41. The SMILES string of the molecule is N/C(=N\Nc1ccccc1)N1CCOCC1. The summed E-state index contributed by atoms with van der Waals surface area (Å²) in [4.78, 5) is 2.00. The average Bonchev–Trinajstić information content (AvgIpc) is 2.38. The molecule has 0 spiro atoms. The van der Waals surface area contributed by atoms with Crippen molar-refractivity contribution in [3.05, 3.63) is 30.3 Å². The van der Waals surface area contributed by atoms with Crippen LogP contribution in [0.3, 0.4) is 0 Å². The molecule has 1 saturated heterocycles. The Hall–Kier alpha value is -1.75. The van der Waals surface area contributed by atoms with Crippen molar-refractivity contribution in [2.75, 3.05) is 31.7 Å². The maximum atomic E-state index is 5.85. The molecule has 0 radical (unpaired) electrons. The minimum absolute atomic E-state index is 0.507. The van der Waals surface area contributed by atoms with Crippen LogP contribution in [0.2, 0.25) is 0 Å². The van der Waals surface area contributed by atoms with E-state index < -0.39 is 0 Å². The molecule has 0 aromatic heterocycles. The molecule has 16 heavy (non-hydrogen) atoms. The van der Waals surface area contributed by atoms with Gasteiger partial charge in [-0.05, 0) is 12.1 Å². The molecular weight excluding hydrogens is 204 g/mol. The van der Waals surface area contributed by atoms with Crippen molar-refractivity contribution in [1.82, 2.24) is 4.90 Å². The number of para-hydroxylation sites is 1. The standard InChI is InChI=1S/C11H16N4O/c12-11(15-6-8-16-9-7-15)14-13-10-4-2-1-3-5-10/h1-5,13H,6-9H2,(H2,12,14). The lowest BCUT2D eigenvalue weighted by molar-refractivity contribution is 0.0675. The normalized spacial score (nSPS) is 17.2. The van der Waals surface area contributed by atoms with E-state index in [-0.39, 0.29) is 0 Å². The lowest BCUT2D eigenvalue weighted by Gasteiger charge is -2.27. The molecule has 1 aliphatic rings. The van der Waals surface area contributed by atoms with Gasteiger partial charge in [0.1, 0.15) is 0 Å². The lowest BCUT2D eigenvalue weighted by Crippen LogP contribution is -2.45. The van der Waals surface area contributed by atoms with Crippen LogP contribution in [0.25, 0.3) is 0 Å². The Morgan fingerprint density at radius 3 is 2.62 bits per heavy atom. The van der Waals surface area contributed by atoms with Gasteiger partial charge in [-0.3, -0.25) is 5.43 Å². The van der Waals surface area contributed by atoms with Gasteiger partial charge in [0.25, 0.3) is 0 Å². The summed E-state index contributed by atoms with van der Waals surface area (Å²) in [6.45, 7) is 3.01. The van der Waals surface area contributed by atoms with Crippen LogP contribution in [-0.4, -0.2) is 37.2 Å². The lowest BCUT2D eigenvalue weighted by atomic mass is 10.3. The number of nitrogens with one attached hydrogen (secondary N) is 1. The zero-order chi connectivity index (χ0) is 11.2. The van der Waals surface area contributed by atoms with E-state index >= 15 is 0 Å². The number of morpholine rings is 1. The number of hydrogen-bond acceptors (Lipinski definition) is 3. The highest BCUT2D eigenvalue weighted by Gasteiger charge is 2.11. The Bertz CT molecular complexity index is 346. The molecule has 1 aromatic rings. The van der Waals surface area contributed by atoms with Crippen LogP contribution in [0.4, 0.5) is 5.69 Å². The largest absolute Gasteiger partial charge is 0.378 e. The number of nitrogens with two attached hydrogens (primary N) is 1. The highest BCUT2D eigenvalue weighted by Crippen LogP contribution is 2.04. The van der Waals surface area contributed by atoms with Crippen LogP contribution in [0.15, 0.2) is 35.4 Å². The second kappa shape index (κ2) is 5.37. The Kier molecular flexibility index (Phi) is 3.61. The van der Waals surface area contributed by atoms with Crippen LogP contribution in [0.1, 0.15) is 0 Å². The molecule has 1 aliphatic heterocycles. The minimum Gasteiger partial charge on any atom is -0.378 e. The second-order valence-corrected chi connectivity index (χ2v) is 3.55. The highest BCUT2D eigenvalue weighted by molar-refractivity contribution is 5.79. The monoisotopic (exact) mass is 220 g/mol. The molecule has 5 heteroatoms. The maximum absolute atomic E-state index is 5.85. The second-order valence-electron chi connectivity index (χ2n) is 3.55.